The van der Waals surface area contributed by atoms with Gasteiger partial charge in [0.1, 0.15) is 5.75 Å². The summed E-state index contributed by atoms with van der Waals surface area (Å²) in [5.74, 6) is -2.10. The predicted octanol–water partition coefficient (Wildman–Crippen LogP) is 5.06. The molecule has 0 radical (unpaired) electrons. The van der Waals surface area contributed by atoms with E-state index in [4.69, 9.17) is 9.15 Å². The minimum atomic E-state index is -1.02. The highest BCUT2D eigenvalue weighted by Crippen LogP contribution is 2.25. The number of hydrogen-bond donors (Lipinski definition) is 2. The summed E-state index contributed by atoms with van der Waals surface area (Å²) in [7, 11) is 0. The van der Waals surface area contributed by atoms with Gasteiger partial charge in [0.2, 0.25) is 0 Å². The van der Waals surface area contributed by atoms with Crippen LogP contribution in [0.1, 0.15) is 42.8 Å². The third kappa shape index (κ3) is 4.91. The molecule has 0 saturated heterocycles. The normalized spacial score (nSPS) is 14.3. The monoisotopic (exact) mass is 414 g/mol. The van der Waals surface area contributed by atoms with Crippen molar-refractivity contribution in [1.29, 1.82) is 0 Å². The van der Waals surface area contributed by atoms with E-state index in [1.165, 1.54) is 25.3 Å². The summed E-state index contributed by atoms with van der Waals surface area (Å²) in [5.41, 5.74) is 0.752. The van der Waals surface area contributed by atoms with Crippen LogP contribution in [0.3, 0.4) is 0 Å². The minimum Gasteiger partial charge on any atom is -0.490 e. The third-order valence-corrected chi connectivity index (χ3v) is 4.76. The highest BCUT2D eigenvalue weighted by Gasteiger charge is 2.17. The summed E-state index contributed by atoms with van der Waals surface area (Å²) in [4.78, 5) is 12.3. The fourth-order valence-electron chi connectivity index (χ4n) is 3.24. The molecule has 7 nitrogen and oxygen atoms in total. The van der Waals surface area contributed by atoms with E-state index in [1.807, 2.05) is 0 Å². The Morgan fingerprint density at radius 1 is 0.967 bits per heavy atom. The number of benzene rings is 2. The molecule has 2 aromatic carbocycles. The van der Waals surface area contributed by atoms with E-state index in [1.54, 1.807) is 24.3 Å². The van der Waals surface area contributed by atoms with Crippen LogP contribution in [0.4, 0.5) is 26.2 Å². The molecule has 1 aromatic heterocycles. The lowest BCUT2D eigenvalue weighted by atomic mass is 9.98. The van der Waals surface area contributed by atoms with E-state index in [0.29, 0.717) is 5.69 Å². The van der Waals surface area contributed by atoms with E-state index in [0.717, 1.165) is 30.7 Å². The zero-order chi connectivity index (χ0) is 20.9. The zero-order valence-corrected chi connectivity index (χ0v) is 16.0. The van der Waals surface area contributed by atoms with Crippen LogP contribution in [0.25, 0.3) is 0 Å². The Kier molecular flexibility index (Phi) is 5.87. The van der Waals surface area contributed by atoms with Gasteiger partial charge in [-0.05, 0) is 62.1 Å². The molecule has 2 N–H and O–H groups in total. The molecule has 1 saturated carbocycles. The van der Waals surface area contributed by atoms with Crippen molar-refractivity contribution in [3.63, 3.8) is 0 Å². The second kappa shape index (κ2) is 8.89. The molecule has 30 heavy (non-hydrogen) atoms. The first-order valence-corrected chi connectivity index (χ1v) is 9.70. The fraction of sp³-hybridized carbons (Fsp3) is 0.286. The Balaban J connectivity index is 1.34. The average Bonchev–Trinajstić information content (AvgIpc) is 3.22. The van der Waals surface area contributed by atoms with Crippen molar-refractivity contribution in [2.24, 2.45) is 0 Å². The fourth-order valence-corrected chi connectivity index (χ4v) is 3.24. The van der Waals surface area contributed by atoms with E-state index in [9.17, 15) is 13.6 Å². The van der Waals surface area contributed by atoms with Crippen molar-refractivity contribution in [2.45, 2.75) is 38.2 Å². The van der Waals surface area contributed by atoms with Gasteiger partial charge in [0.05, 0.1) is 6.10 Å². The first-order valence-electron chi connectivity index (χ1n) is 9.70. The van der Waals surface area contributed by atoms with Gasteiger partial charge in [-0.25, -0.2) is 8.78 Å². The summed E-state index contributed by atoms with van der Waals surface area (Å²) in [6.07, 6.45) is 6.02. The quantitative estimate of drug-likeness (QED) is 0.586. The number of nitrogens with one attached hydrogen (secondary N) is 2. The third-order valence-electron chi connectivity index (χ3n) is 4.76. The van der Waals surface area contributed by atoms with Gasteiger partial charge >= 0.3 is 17.8 Å². The molecule has 0 unspecified atom stereocenters. The van der Waals surface area contributed by atoms with Crippen molar-refractivity contribution >= 4 is 23.3 Å². The Labute approximate surface area is 171 Å². The SMILES string of the molecule is O=C(Nc1ccc(OC2CCCCC2)cc1)c1nnc(Nc2ccc(F)c(F)c2)o1. The Bertz CT molecular complexity index is 1020. The Morgan fingerprint density at radius 2 is 1.70 bits per heavy atom. The van der Waals surface area contributed by atoms with Gasteiger partial charge in [-0.1, -0.05) is 11.5 Å². The van der Waals surface area contributed by atoms with E-state index in [2.05, 4.69) is 20.8 Å². The van der Waals surface area contributed by atoms with Crippen molar-refractivity contribution in [3.05, 3.63) is 60.0 Å². The Morgan fingerprint density at radius 3 is 2.43 bits per heavy atom. The summed E-state index contributed by atoms with van der Waals surface area (Å²) in [5, 5.41) is 12.6. The van der Waals surface area contributed by atoms with Gasteiger partial charge < -0.3 is 19.8 Å². The largest absolute Gasteiger partial charge is 0.490 e. The van der Waals surface area contributed by atoms with Gasteiger partial charge in [0.15, 0.2) is 11.6 Å². The lowest BCUT2D eigenvalue weighted by Gasteiger charge is -2.23. The highest BCUT2D eigenvalue weighted by atomic mass is 19.2. The number of halogens is 2. The highest BCUT2D eigenvalue weighted by molar-refractivity contribution is 6.00. The Hall–Kier alpha value is -3.49. The maximum absolute atomic E-state index is 13.3. The van der Waals surface area contributed by atoms with Crippen molar-refractivity contribution in [3.8, 4) is 5.75 Å². The summed E-state index contributed by atoms with van der Waals surface area (Å²) in [6.45, 7) is 0. The number of rotatable bonds is 6. The molecule has 1 fully saturated rings. The molecule has 1 heterocycles. The zero-order valence-electron chi connectivity index (χ0n) is 16.0. The molecule has 1 aliphatic rings. The van der Waals surface area contributed by atoms with Crippen molar-refractivity contribution in [1.82, 2.24) is 10.2 Å². The second-order valence-corrected chi connectivity index (χ2v) is 7.02. The number of ether oxygens (including phenoxy) is 1. The molecule has 0 bridgehead atoms. The molecular formula is C21H20F2N4O3. The molecule has 0 aliphatic heterocycles. The lowest BCUT2D eigenvalue weighted by molar-refractivity contribution is 0.0991. The second-order valence-electron chi connectivity index (χ2n) is 7.02. The number of carbonyl (C=O) groups excluding carboxylic acids is 1. The van der Waals surface area contributed by atoms with Crippen LogP contribution in [-0.2, 0) is 0 Å². The van der Waals surface area contributed by atoms with Gasteiger partial charge in [0, 0.05) is 17.4 Å². The molecule has 9 heteroatoms. The van der Waals surface area contributed by atoms with Gasteiger partial charge in [-0.3, -0.25) is 4.79 Å². The average molecular weight is 414 g/mol. The van der Waals surface area contributed by atoms with Crippen LogP contribution in [0, 0.1) is 11.6 Å². The number of carbonyl (C=O) groups is 1. The number of anilines is 3. The molecule has 0 atom stereocenters. The molecule has 0 spiro atoms. The first-order chi connectivity index (χ1) is 14.6. The predicted molar refractivity (Wildman–Crippen MR) is 106 cm³/mol. The summed E-state index contributed by atoms with van der Waals surface area (Å²) < 4.78 is 37.4. The van der Waals surface area contributed by atoms with E-state index in [-0.39, 0.29) is 23.7 Å². The van der Waals surface area contributed by atoms with Crippen LogP contribution < -0.4 is 15.4 Å². The smallest absolute Gasteiger partial charge is 0.320 e. The maximum Gasteiger partial charge on any atom is 0.320 e. The van der Waals surface area contributed by atoms with Crippen LogP contribution in [0.15, 0.2) is 46.9 Å². The van der Waals surface area contributed by atoms with Crippen molar-refractivity contribution < 1.29 is 22.7 Å². The summed E-state index contributed by atoms with van der Waals surface area (Å²) in [6, 6.07) is 10.1. The molecule has 156 valence electrons. The van der Waals surface area contributed by atoms with Crippen LogP contribution in [0.5, 0.6) is 5.75 Å². The molecule has 3 aromatic rings. The van der Waals surface area contributed by atoms with Crippen LogP contribution in [0.2, 0.25) is 0 Å². The van der Waals surface area contributed by atoms with Crippen LogP contribution >= 0.6 is 0 Å². The van der Waals surface area contributed by atoms with E-state index >= 15 is 0 Å². The van der Waals surface area contributed by atoms with Gasteiger partial charge in [-0.15, -0.1) is 5.10 Å². The standard InChI is InChI=1S/C21H20F2N4O3/c22-17-11-8-14(12-18(17)23)25-21-27-26-20(30-21)19(28)24-13-6-9-16(10-7-13)29-15-4-2-1-3-5-15/h6-12,15H,1-5H2,(H,24,28)(H,25,27). The van der Waals surface area contributed by atoms with Crippen molar-refractivity contribution in [2.75, 3.05) is 10.6 Å². The summed E-state index contributed by atoms with van der Waals surface area (Å²) >= 11 is 0. The number of aromatic nitrogens is 2. The maximum atomic E-state index is 13.3. The van der Waals surface area contributed by atoms with E-state index < -0.39 is 17.5 Å². The first kappa shape index (κ1) is 19.8. The molecular weight excluding hydrogens is 394 g/mol. The van der Waals surface area contributed by atoms with Gasteiger partial charge in [0.25, 0.3) is 0 Å². The topological polar surface area (TPSA) is 89.3 Å². The number of amides is 1. The number of nitrogens with zero attached hydrogens (tertiary/aromatic N) is 2. The molecule has 1 amide bonds. The lowest BCUT2D eigenvalue weighted by Crippen LogP contribution is -2.19. The minimum absolute atomic E-state index is 0.123. The molecule has 1 aliphatic carbocycles. The number of hydrogen-bond acceptors (Lipinski definition) is 6. The molecule has 4 rings (SSSR count). The van der Waals surface area contributed by atoms with Gasteiger partial charge in [-0.2, -0.15) is 0 Å². The van der Waals surface area contributed by atoms with Crippen LogP contribution in [-0.4, -0.2) is 22.2 Å².